The van der Waals surface area contributed by atoms with E-state index in [1.165, 1.54) is 16.4 Å². The molecule has 1 atom stereocenters. The van der Waals surface area contributed by atoms with Gasteiger partial charge < -0.3 is 9.64 Å². The van der Waals surface area contributed by atoms with Crippen LogP contribution in [-0.4, -0.2) is 62.3 Å². The summed E-state index contributed by atoms with van der Waals surface area (Å²) in [6.45, 7) is 3.53. The number of benzene rings is 1. The van der Waals surface area contributed by atoms with Gasteiger partial charge in [-0.1, -0.05) is 36.2 Å². The van der Waals surface area contributed by atoms with Crippen molar-refractivity contribution < 1.29 is 22.7 Å². The van der Waals surface area contributed by atoms with Crippen LogP contribution >= 0.6 is 23.2 Å². The molecule has 2 aliphatic rings. The van der Waals surface area contributed by atoms with Crippen molar-refractivity contribution in [2.24, 2.45) is 11.8 Å². The van der Waals surface area contributed by atoms with E-state index >= 15 is 0 Å². The minimum atomic E-state index is -3.86. The molecule has 166 valence electrons. The minimum Gasteiger partial charge on any atom is -0.455 e. The molecule has 0 aromatic heterocycles. The summed E-state index contributed by atoms with van der Waals surface area (Å²) in [4.78, 5) is 26.3. The number of esters is 1. The summed E-state index contributed by atoms with van der Waals surface area (Å²) >= 11 is 12.1. The fourth-order valence-electron chi connectivity index (χ4n) is 3.95. The van der Waals surface area contributed by atoms with Gasteiger partial charge in [-0.25, -0.2) is 8.42 Å². The number of hydrogen-bond acceptors (Lipinski definition) is 5. The van der Waals surface area contributed by atoms with Crippen LogP contribution in [0, 0.1) is 11.8 Å². The van der Waals surface area contributed by atoms with Gasteiger partial charge in [0.2, 0.25) is 10.0 Å². The quantitative estimate of drug-likeness (QED) is 0.609. The summed E-state index contributed by atoms with van der Waals surface area (Å²) in [5.74, 6) is -0.618. The van der Waals surface area contributed by atoms with E-state index in [1.807, 2.05) is 0 Å². The van der Waals surface area contributed by atoms with Crippen molar-refractivity contribution in [2.75, 3.05) is 32.8 Å². The maximum atomic E-state index is 12.9. The number of piperidine rings is 2. The van der Waals surface area contributed by atoms with Gasteiger partial charge in [-0.15, -0.1) is 0 Å². The molecule has 0 bridgehead atoms. The topological polar surface area (TPSA) is 84.0 Å². The Labute approximate surface area is 187 Å². The van der Waals surface area contributed by atoms with Crippen molar-refractivity contribution in [3.63, 3.8) is 0 Å². The Kier molecular flexibility index (Phi) is 7.66. The second-order valence-electron chi connectivity index (χ2n) is 7.92. The molecule has 1 amide bonds. The molecule has 30 heavy (non-hydrogen) atoms. The standard InChI is InChI=1S/C20H26Cl2N2O5S/c1-14-4-3-9-23(12-14)18(25)13-29-20(26)15-7-10-24(11-8-15)30(27,28)19-16(21)5-2-6-17(19)22/h2,5-6,14-15H,3-4,7-13H2,1H3/t14-/m1/s1. The average molecular weight is 477 g/mol. The second-order valence-corrected chi connectivity index (χ2v) is 10.6. The highest BCUT2D eigenvalue weighted by molar-refractivity contribution is 7.89. The normalized spacial score (nSPS) is 21.4. The molecule has 3 rings (SSSR count). The molecule has 0 unspecified atom stereocenters. The number of carbonyl (C=O) groups excluding carboxylic acids is 2. The maximum absolute atomic E-state index is 12.9. The number of nitrogens with zero attached hydrogens (tertiary/aromatic N) is 2. The largest absolute Gasteiger partial charge is 0.455 e. The molecule has 0 radical (unpaired) electrons. The van der Waals surface area contributed by atoms with Gasteiger partial charge in [-0.2, -0.15) is 4.31 Å². The third-order valence-electron chi connectivity index (χ3n) is 5.65. The monoisotopic (exact) mass is 476 g/mol. The lowest BCUT2D eigenvalue weighted by Gasteiger charge is -2.32. The molecule has 0 saturated carbocycles. The number of rotatable bonds is 5. The molecule has 10 heteroatoms. The number of ether oxygens (including phenoxy) is 1. The van der Waals surface area contributed by atoms with E-state index in [0.717, 1.165) is 12.8 Å². The molecule has 0 spiro atoms. The maximum Gasteiger partial charge on any atom is 0.309 e. The van der Waals surface area contributed by atoms with Crippen LogP contribution in [0.4, 0.5) is 0 Å². The lowest BCUT2D eigenvalue weighted by molar-refractivity contribution is -0.157. The zero-order valence-corrected chi connectivity index (χ0v) is 19.2. The number of hydrogen-bond donors (Lipinski definition) is 0. The molecular weight excluding hydrogens is 451 g/mol. The van der Waals surface area contributed by atoms with Gasteiger partial charge in [-0.3, -0.25) is 9.59 Å². The third kappa shape index (κ3) is 5.28. The van der Waals surface area contributed by atoms with Crippen LogP contribution in [-0.2, 0) is 24.3 Å². The molecule has 7 nitrogen and oxygen atoms in total. The Balaban J connectivity index is 1.52. The Bertz CT molecular complexity index is 880. The molecule has 2 saturated heterocycles. The van der Waals surface area contributed by atoms with Crippen LogP contribution in [0.3, 0.4) is 0 Å². The Morgan fingerprint density at radius 1 is 1.10 bits per heavy atom. The summed E-state index contributed by atoms with van der Waals surface area (Å²) in [5.41, 5.74) is 0. The predicted molar refractivity (Wildman–Crippen MR) is 114 cm³/mol. The molecule has 1 aromatic carbocycles. The van der Waals surface area contributed by atoms with Gasteiger partial charge in [0.25, 0.3) is 5.91 Å². The van der Waals surface area contributed by atoms with Crippen molar-refractivity contribution >= 4 is 45.1 Å². The highest BCUT2D eigenvalue weighted by atomic mass is 35.5. The molecule has 2 fully saturated rings. The molecule has 2 aliphatic heterocycles. The number of sulfonamides is 1. The van der Waals surface area contributed by atoms with Crippen LogP contribution in [0.1, 0.15) is 32.6 Å². The van der Waals surface area contributed by atoms with Gasteiger partial charge in [0.1, 0.15) is 4.90 Å². The van der Waals surface area contributed by atoms with Crippen molar-refractivity contribution in [3.05, 3.63) is 28.2 Å². The van der Waals surface area contributed by atoms with Crippen molar-refractivity contribution in [2.45, 2.75) is 37.5 Å². The summed E-state index contributed by atoms with van der Waals surface area (Å²) in [5, 5.41) is 0.129. The van der Waals surface area contributed by atoms with Crippen molar-refractivity contribution in [1.29, 1.82) is 0 Å². The lowest BCUT2D eigenvalue weighted by Crippen LogP contribution is -2.43. The first-order valence-electron chi connectivity index (χ1n) is 10.1. The summed E-state index contributed by atoms with van der Waals surface area (Å²) in [6.07, 6.45) is 2.69. The third-order valence-corrected chi connectivity index (χ3v) is 8.51. The molecule has 0 aliphatic carbocycles. The fourth-order valence-corrected chi connectivity index (χ4v) is 6.51. The first-order valence-corrected chi connectivity index (χ1v) is 12.3. The lowest BCUT2D eigenvalue weighted by atomic mass is 9.98. The first kappa shape index (κ1) is 23.3. The van der Waals surface area contributed by atoms with E-state index in [-0.39, 0.29) is 40.5 Å². The van der Waals surface area contributed by atoms with E-state index in [9.17, 15) is 18.0 Å². The van der Waals surface area contributed by atoms with Gasteiger partial charge in [-0.05, 0) is 43.7 Å². The molecule has 0 N–H and O–H groups in total. The first-order chi connectivity index (χ1) is 14.2. The summed E-state index contributed by atoms with van der Waals surface area (Å²) in [6, 6.07) is 4.53. The van der Waals surface area contributed by atoms with E-state index in [2.05, 4.69) is 6.92 Å². The second kappa shape index (κ2) is 9.85. The highest BCUT2D eigenvalue weighted by Crippen LogP contribution is 2.33. The van der Waals surface area contributed by atoms with Crippen LogP contribution < -0.4 is 0 Å². The van der Waals surface area contributed by atoms with Gasteiger partial charge in [0, 0.05) is 26.2 Å². The van der Waals surface area contributed by atoms with Crippen molar-refractivity contribution in [3.8, 4) is 0 Å². The molecule has 1 aromatic rings. The average Bonchev–Trinajstić information content (AvgIpc) is 2.71. The number of carbonyl (C=O) groups is 2. The zero-order chi connectivity index (χ0) is 21.9. The fraction of sp³-hybridized carbons (Fsp3) is 0.600. The van der Waals surface area contributed by atoms with Crippen LogP contribution in [0.5, 0.6) is 0 Å². The molecule has 2 heterocycles. The van der Waals surface area contributed by atoms with E-state index in [4.69, 9.17) is 27.9 Å². The highest BCUT2D eigenvalue weighted by Gasteiger charge is 2.35. The molecular formula is C20H26Cl2N2O5S. The van der Waals surface area contributed by atoms with Crippen molar-refractivity contribution in [1.82, 2.24) is 9.21 Å². The summed E-state index contributed by atoms with van der Waals surface area (Å²) < 4.78 is 32.3. The van der Waals surface area contributed by atoms with Gasteiger partial charge >= 0.3 is 5.97 Å². The van der Waals surface area contributed by atoms with Crippen LogP contribution in [0.2, 0.25) is 10.0 Å². The van der Waals surface area contributed by atoms with E-state index < -0.39 is 21.9 Å². The summed E-state index contributed by atoms with van der Waals surface area (Å²) in [7, 11) is -3.86. The Hall–Kier alpha value is -1.35. The minimum absolute atomic E-state index is 0.0644. The Morgan fingerprint density at radius 2 is 1.73 bits per heavy atom. The Morgan fingerprint density at radius 3 is 2.33 bits per heavy atom. The number of likely N-dealkylation sites (tertiary alicyclic amines) is 1. The SMILES string of the molecule is C[C@@H]1CCCN(C(=O)COC(=O)C2CCN(S(=O)(=O)c3c(Cl)cccc3Cl)CC2)C1. The number of halogens is 2. The smallest absolute Gasteiger partial charge is 0.309 e. The van der Waals surface area contributed by atoms with E-state index in [1.54, 1.807) is 11.0 Å². The number of amides is 1. The van der Waals surface area contributed by atoms with Gasteiger partial charge in [0.15, 0.2) is 6.61 Å². The van der Waals surface area contributed by atoms with Crippen LogP contribution in [0.25, 0.3) is 0 Å². The zero-order valence-electron chi connectivity index (χ0n) is 16.9. The van der Waals surface area contributed by atoms with E-state index in [0.29, 0.717) is 31.8 Å². The van der Waals surface area contributed by atoms with Gasteiger partial charge in [0.05, 0.1) is 16.0 Å². The van der Waals surface area contributed by atoms with Crippen LogP contribution in [0.15, 0.2) is 23.1 Å². The predicted octanol–water partition coefficient (Wildman–Crippen LogP) is 3.20.